The van der Waals surface area contributed by atoms with Gasteiger partial charge in [-0.05, 0) is 55.0 Å². The first-order chi connectivity index (χ1) is 11.7. The van der Waals surface area contributed by atoms with E-state index in [1.165, 1.54) is 24.4 Å². The number of rotatable bonds is 9. The van der Waals surface area contributed by atoms with Gasteiger partial charge >= 0.3 is 5.97 Å². The maximum atomic E-state index is 10.5. The lowest BCUT2D eigenvalue weighted by Gasteiger charge is -1.98. The van der Waals surface area contributed by atoms with Crippen LogP contribution in [0.4, 0.5) is 0 Å². The Bertz CT molecular complexity index is 768. The van der Waals surface area contributed by atoms with E-state index in [0.29, 0.717) is 6.42 Å². The van der Waals surface area contributed by atoms with Crippen LogP contribution in [0.2, 0.25) is 0 Å². The molecule has 2 nitrogen and oxygen atoms in total. The highest BCUT2D eigenvalue weighted by Gasteiger charge is 2.08. The molecule has 0 spiro atoms. The van der Waals surface area contributed by atoms with Crippen molar-refractivity contribution in [1.82, 2.24) is 0 Å². The first-order valence-corrected chi connectivity index (χ1v) is 10.7. The quantitative estimate of drug-likeness (QED) is 0.418. The van der Waals surface area contributed by atoms with Crippen molar-refractivity contribution in [2.75, 3.05) is 0 Å². The molecular formula is C19H20O2S3. The molecule has 0 radical (unpaired) electrons. The molecule has 3 aromatic heterocycles. The molecule has 3 aromatic rings. The molecule has 0 fully saturated rings. The van der Waals surface area contributed by atoms with Crippen LogP contribution in [0.1, 0.15) is 37.0 Å². The summed E-state index contributed by atoms with van der Waals surface area (Å²) in [5.74, 6) is -0.684. The maximum absolute atomic E-state index is 10.5. The van der Waals surface area contributed by atoms with Crippen molar-refractivity contribution in [2.45, 2.75) is 38.5 Å². The Morgan fingerprint density at radius 1 is 0.833 bits per heavy atom. The minimum Gasteiger partial charge on any atom is -0.481 e. The summed E-state index contributed by atoms with van der Waals surface area (Å²) in [5.41, 5.74) is 0. The van der Waals surface area contributed by atoms with Gasteiger partial charge in [-0.15, -0.1) is 34.0 Å². The van der Waals surface area contributed by atoms with Crippen LogP contribution in [0, 0.1) is 0 Å². The molecule has 0 aliphatic carbocycles. The SMILES string of the molecule is O=C(O)CCCCCCc1ccc(-c2ccc(-c3cccs3)s2)s1. The number of aryl methyl sites for hydroxylation is 1. The summed E-state index contributed by atoms with van der Waals surface area (Å²) in [4.78, 5) is 17.3. The monoisotopic (exact) mass is 376 g/mol. The second-order valence-electron chi connectivity index (χ2n) is 5.72. The highest BCUT2D eigenvalue weighted by Crippen LogP contribution is 2.39. The van der Waals surface area contributed by atoms with Crippen molar-refractivity contribution >= 4 is 40.0 Å². The van der Waals surface area contributed by atoms with E-state index in [9.17, 15) is 4.79 Å². The molecule has 0 aliphatic heterocycles. The molecule has 0 bridgehead atoms. The van der Waals surface area contributed by atoms with Gasteiger partial charge in [0, 0.05) is 30.8 Å². The predicted octanol–water partition coefficient (Wildman–Crippen LogP) is 6.78. The minimum absolute atomic E-state index is 0.300. The van der Waals surface area contributed by atoms with Gasteiger partial charge in [-0.2, -0.15) is 0 Å². The van der Waals surface area contributed by atoms with Crippen LogP contribution in [0.15, 0.2) is 41.8 Å². The van der Waals surface area contributed by atoms with Crippen LogP contribution in [-0.2, 0) is 11.2 Å². The average Bonchev–Trinajstić information content (AvgIpc) is 3.30. The Hall–Kier alpha value is -1.43. The molecule has 0 saturated carbocycles. The molecule has 0 atom stereocenters. The third-order valence-corrected chi connectivity index (χ3v) is 7.33. The van der Waals surface area contributed by atoms with Crippen molar-refractivity contribution in [2.24, 2.45) is 0 Å². The number of carboxylic acids is 1. The van der Waals surface area contributed by atoms with Gasteiger partial charge in [0.05, 0.1) is 0 Å². The summed E-state index contributed by atoms with van der Waals surface area (Å²) in [6.07, 6.45) is 5.47. The molecule has 24 heavy (non-hydrogen) atoms. The van der Waals surface area contributed by atoms with Gasteiger partial charge in [-0.1, -0.05) is 18.9 Å². The highest BCUT2D eigenvalue weighted by atomic mass is 32.1. The smallest absolute Gasteiger partial charge is 0.303 e. The molecule has 0 saturated heterocycles. The Morgan fingerprint density at radius 2 is 1.54 bits per heavy atom. The zero-order valence-electron chi connectivity index (χ0n) is 13.4. The molecular weight excluding hydrogens is 356 g/mol. The van der Waals surface area contributed by atoms with Crippen LogP contribution in [-0.4, -0.2) is 11.1 Å². The third kappa shape index (κ3) is 4.79. The van der Waals surface area contributed by atoms with Gasteiger partial charge in [0.15, 0.2) is 0 Å². The van der Waals surface area contributed by atoms with E-state index >= 15 is 0 Å². The third-order valence-electron chi connectivity index (χ3n) is 3.84. The topological polar surface area (TPSA) is 37.3 Å². The van der Waals surface area contributed by atoms with Crippen molar-refractivity contribution in [3.8, 4) is 19.5 Å². The number of unbranched alkanes of at least 4 members (excludes halogenated alkanes) is 3. The highest BCUT2D eigenvalue weighted by molar-refractivity contribution is 7.26. The Morgan fingerprint density at radius 3 is 2.29 bits per heavy atom. The zero-order chi connectivity index (χ0) is 16.8. The number of carbonyl (C=O) groups is 1. The van der Waals surface area contributed by atoms with Crippen molar-refractivity contribution in [1.29, 1.82) is 0 Å². The van der Waals surface area contributed by atoms with Gasteiger partial charge in [0.25, 0.3) is 0 Å². The predicted molar refractivity (Wildman–Crippen MR) is 105 cm³/mol. The minimum atomic E-state index is -0.684. The first-order valence-electron chi connectivity index (χ1n) is 8.17. The Balaban J connectivity index is 1.50. The fraction of sp³-hybridized carbons (Fsp3) is 0.316. The number of carboxylic acid groups (broad SMARTS) is 1. The van der Waals surface area contributed by atoms with Crippen LogP contribution in [0.25, 0.3) is 19.5 Å². The van der Waals surface area contributed by atoms with Crippen molar-refractivity contribution < 1.29 is 9.90 Å². The van der Waals surface area contributed by atoms with Crippen LogP contribution in [0.5, 0.6) is 0 Å². The zero-order valence-corrected chi connectivity index (χ0v) is 15.8. The first kappa shape index (κ1) is 17.4. The van der Waals surface area contributed by atoms with Gasteiger partial charge in [-0.25, -0.2) is 0 Å². The van der Waals surface area contributed by atoms with Crippen molar-refractivity contribution in [3.63, 3.8) is 0 Å². The summed E-state index contributed by atoms with van der Waals surface area (Å²) in [6, 6.07) is 13.2. The lowest BCUT2D eigenvalue weighted by Crippen LogP contribution is -1.93. The molecule has 3 rings (SSSR count). The Kier molecular flexibility index (Phi) is 6.24. The number of hydrogen-bond donors (Lipinski definition) is 1. The molecule has 0 amide bonds. The number of thiophene rings is 3. The normalized spacial score (nSPS) is 11.0. The molecule has 5 heteroatoms. The van der Waals surface area contributed by atoms with Crippen LogP contribution < -0.4 is 0 Å². The number of hydrogen-bond acceptors (Lipinski definition) is 4. The maximum Gasteiger partial charge on any atom is 0.303 e. The molecule has 126 valence electrons. The second-order valence-corrected chi connectivity index (χ2v) is 8.91. The number of aliphatic carboxylic acids is 1. The summed E-state index contributed by atoms with van der Waals surface area (Å²) in [7, 11) is 0. The molecule has 3 heterocycles. The molecule has 0 aromatic carbocycles. The molecule has 0 unspecified atom stereocenters. The molecule has 0 aliphatic rings. The van der Waals surface area contributed by atoms with E-state index in [4.69, 9.17) is 5.11 Å². The van der Waals surface area contributed by atoms with Gasteiger partial charge in [0.2, 0.25) is 0 Å². The lowest BCUT2D eigenvalue weighted by molar-refractivity contribution is -0.137. The van der Waals surface area contributed by atoms with Crippen molar-refractivity contribution in [3.05, 3.63) is 46.7 Å². The lowest BCUT2D eigenvalue weighted by atomic mass is 10.1. The summed E-state index contributed by atoms with van der Waals surface area (Å²) >= 11 is 5.53. The van der Waals surface area contributed by atoms with Crippen LogP contribution in [0.3, 0.4) is 0 Å². The van der Waals surface area contributed by atoms with E-state index in [-0.39, 0.29) is 0 Å². The van der Waals surface area contributed by atoms with E-state index < -0.39 is 5.97 Å². The average molecular weight is 377 g/mol. The van der Waals surface area contributed by atoms with E-state index in [0.717, 1.165) is 32.1 Å². The Labute approximate surface area is 154 Å². The summed E-state index contributed by atoms with van der Waals surface area (Å²) in [6.45, 7) is 0. The van der Waals surface area contributed by atoms with E-state index in [1.54, 1.807) is 11.3 Å². The summed E-state index contributed by atoms with van der Waals surface area (Å²) < 4.78 is 0. The molecule has 1 N–H and O–H groups in total. The standard InChI is InChI=1S/C19H20O2S3/c20-19(21)8-4-2-1-3-6-14-9-10-17(23-14)18-12-11-16(24-18)15-7-5-13-22-15/h5,7,9-13H,1-4,6,8H2,(H,20,21). The van der Waals surface area contributed by atoms with E-state index in [1.807, 2.05) is 22.7 Å². The van der Waals surface area contributed by atoms with Gasteiger partial charge in [0.1, 0.15) is 0 Å². The fourth-order valence-electron chi connectivity index (χ4n) is 2.60. The van der Waals surface area contributed by atoms with E-state index in [2.05, 4.69) is 41.8 Å². The van der Waals surface area contributed by atoms with Crippen LogP contribution >= 0.6 is 34.0 Å². The second kappa shape index (κ2) is 8.60. The largest absolute Gasteiger partial charge is 0.481 e. The van der Waals surface area contributed by atoms with Gasteiger partial charge in [-0.3, -0.25) is 4.79 Å². The summed E-state index contributed by atoms with van der Waals surface area (Å²) in [5, 5.41) is 10.7. The fourth-order valence-corrected chi connectivity index (χ4v) is 5.58. The van der Waals surface area contributed by atoms with Gasteiger partial charge < -0.3 is 5.11 Å².